The maximum absolute atomic E-state index is 12.5. The summed E-state index contributed by atoms with van der Waals surface area (Å²) in [7, 11) is 0. The number of halogens is 1. The van der Waals surface area contributed by atoms with Gasteiger partial charge in [0, 0.05) is 11.4 Å². The van der Waals surface area contributed by atoms with Gasteiger partial charge < -0.3 is 9.47 Å². The van der Waals surface area contributed by atoms with Gasteiger partial charge in [-0.3, -0.25) is 20.4 Å². The smallest absolute Gasteiger partial charge is 0.276 e. The van der Waals surface area contributed by atoms with E-state index in [9.17, 15) is 9.59 Å². The van der Waals surface area contributed by atoms with E-state index in [-0.39, 0.29) is 6.61 Å². The van der Waals surface area contributed by atoms with Crippen molar-refractivity contribution in [2.24, 2.45) is 0 Å². The van der Waals surface area contributed by atoms with Crippen molar-refractivity contribution in [3.8, 4) is 11.5 Å². The van der Waals surface area contributed by atoms with Gasteiger partial charge >= 0.3 is 0 Å². The van der Waals surface area contributed by atoms with Crippen molar-refractivity contribution in [2.75, 3.05) is 13.2 Å². The third kappa shape index (κ3) is 6.49. The first-order valence-corrected chi connectivity index (χ1v) is 10.6. The average Bonchev–Trinajstić information content (AvgIpc) is 2.80. The Bertz CT molecular complexity index is 1060. The topological polar surface area (TPSA) is 76.7 Å². The summed E-state index contributed by atoms with van der Waals surface area (Å²) < 4.78 is 11.3. The van der Waals surface area contributed by atoms with E-state index in [2.05, 4.69) is 10.9 Å². The second-order valence-corrected chi connectivity index (χ2v) is 7.62. The summed E-state index contributed by atoms with van der Waals surface area (Å²) in [6.45, 7) is 3.90. The van der Waals surface area contributed by atoms with E-state index >= 15 is 0 Å². The number of ether oxygens (including phenoxy) is 2. The van der Waals surface area contributed by atoms with E-state index in [0.29, 0.717) is 35.1 Å². The van der Waals surface area contributed by atoms with Crippen LogP contribution in [0.15, 0.2) is 66.7 Å². The maximum Gasteiger partial charge on any atom is 0.276 e. The van der Waals surface area contributed by atoms with Gasteiger partial charge in [0.05, 0.1) is 12.2 Å². The van der Waals surface area contributed by atoms with Crippen LogP contribution in [0.4, 0.5) is 0 Å². The molecule has 166 valence electrons. The Morgan fingerprint density at radius 2 is 1.53 bits per heavy atom. The largest absolute Gasteiger partial charge is 0.492 e. The van der Waals surface area contributed by atoms with Crippen molar-refractivity contribution in [1.29, 1.82) is 0 Å². The molecular formula is C25H25ClN2O4. The average molecular weight is 453 g/mol. The molecule has 7 heteroatoms. The highest BCUT2D eigenvalue weighted by Crippen LogP contribution is 2.25. The van der Waals surface area contributed by atoms with Crippen LogP contribution in [0, 0.1) is 13.8 Å². The molecule has 2 N–H and O–H groups in total. The lowest BCUT2D eigenvalue weighted by molar-refractivity contribution is -0.123. The molecule has 0 aromatic heterocycles. The monoisotopic (exact) mass is 452 g/mol. The zero-order valence-corrected chi connectivity index (χ0v) is 18.7. The highest BCUT2D eigenvalue weighted by atomic mass is 35.5. The molecule has 0 atom stereocenters. The summed E-state index contributed by atoms with van der Waals surface area (Å²) >= 11 is 6.14. The summed E-state index contributed by atoms with van der Waals surface area (Å²) in [4.78, 5) is 24.6. The van der Waals surface area contributed by atoms with Crippen LogP contribution in [-0.2, 0) is 11.2 Å². The predicted octanol–water partition coefficient (Wildman–Crippen LogP) is 4.42. The number of carbonyl (C=O) groups excluding carboxylic acids is 2. The van der Waals surface area contributed by atoms with Crippen molar-refractivity contribution < 1.29 is 19.1 Å². The highest BCUT2D eigenvalue weighted by molar-refractivity contribution is 6.32. The Morgan fingerprint density at radius 3 is 2.25 bits per heavy atom. The molecule has 32 heavy (non-hydrogen) atoms. The first-order valence-electron chi connectivity index (χ1n) is 10.2. The van der Waals surface area contributed by atoms with Gasteiger partial charge in [-0.25, -0.2) is 0 Å². The molecule has 3 aromatic carbocycles. The minimum atomic E-state index is -0.494. The molecule has 2 amide bonds. The fourth-order valence-electron chi connectivity index (χ4n) is 3.07. The SMILES string of the molecule is Cc1cc(OCC(=O)NNC(=O)c2ccccc2OCCc2ccccc2)cc(C)c1Cl. The summed E-state index contributed by atoms with van der Waals surface area (Å²) in [5, 5.41) is 0.665. The Balaban J connectivity index is 1.49. The molecule has 3 aromatic rings. The molecule has 0 saturated heterocycles. The Hall–Kier alpha value is -3.51. The van der Waals surface area contributed by atoms with E-state index in [1.165, 1.54) is 0 Å². The lowest BCUT2D eigenvalue weighted by atomic mass is 10.1. The van der Waals surface area contributed by atoms with Crippen LogP contribution in [-0.4, -0.2) is 25.0 Å². The van der Waals surface area contributed by atoms with Gasteiger partial charge in [-0.05, 0) is 54.8 Å². The minimum absolute atomic E-state index is 0.254. The zero-order valence-electron chi connectivity index (χ0n) is 18.0. The fraction of sp³-hybridized carbons (Fsp3) is 0.200. The zero-order chi connectivity index (χ0) is 22.9. The lowest BCUT2D eigenvalue weighted by Gasteiger charge is -2.13. The number of carbonyl (C=O) groups is 2. The second-order valence-electron chi connectivity index (χ2n) is 7.24. The number of amides is 2. The van der Waals surface area contributed by atoms with Crippen molar-refractivity contribution in [3.05, 3.63) is 94.0 Å². The molecule has 0 unspecified atom stereocenters. The number of aryl methyl sites for hydroxylation is 2. The Morgan fingerprint density at radius 1 is 0.875 bits per heavy atom. The Kier molecular flexibility index (Phi) is 8.11. The van der Waals surface area contributed by atoms with E-state index < -0.39 is 11.8 Å². The van der Waals surface area contributed by atoms with Crippen molar-refractivity contribution in [3.63, 3.8) is 0 Å². The van der Waals surface area contributed by atoms with E-state index in [1.54, 1.807) is 36.4 Å². The minimum Gasteiger partial charge on any atom is -0.492 e. The van der Waals surface area contributed by atoms with Crippen LogP contribution >= 0.6 is 11.6 Å². The predicted molar refractivity (Wildman–Crippen MR) is 124 cm³/mol. The fourth-order valence-corrected chi connectivity index (χ4v) is 3.18. The summed E-state index contributed by atoms with van der Waals surface area (Å²) in [6, 6.07) is 20.3. The molecule has 0 heterocycles. The molecule has 0 aliphatic heterocycles. The normalized spacial score (nSPS) is 10.3. The molecule has 0 spiro atoms. The number of benzene rings is 3. The molecule has 3 rings (SSSR count). The molecule has 0 bridgehead atoms. The maximum atomic E-state index is 12.5. The first-order chi connectivity index (χ1) is 15.4. The Labute approximate surface area is 192 Å². The van der Waals surface area contributed by atoms with Gasteiger partial charge in [0.2, 0.25) is 0 Å². The number of para-hydroxylation sites is 1. The molecular weight excluding hydrogens is 428 g/mol. The van der Waals surface area contributed by atoms with Crippen LogP contribution < -0.4 is 20.3 Å². The number of hydrogen-bond acceptors (Lipinski definition) is 4. The van der Waals surface area contributed by atoms with E-state index in [0.717, 1.165) is 16.7 Å². The van der Waals surface area contributed by atoms with Crippen LogP contribution in [0.25, 0.3) is 0 Å². The number of rotatable bonds is 8. The molecule has 0 aliphatic carbocycles. The van der Waals surface area contributed by atoms with E-state index in [1.807, 2.05) is 44.2 Å². The van der Waals surface area contributed by atoms with Crippen LogP contribution in [0.2, 0.25) is 5.02 Å². The first kappa shape index (κ1) is 23.2. The van der Waals surface area contributed by atoms with Gasteiger partial charge in [-0.1, -0.05) is 54.1 Å². The molecule has 6 nitrogen and oxygen atoms in total. The van der Waals surface area contributed by atoms with Gasteiger partial charge in [-0.2, -0.15) is 0 Å². The van der Waals surface area contributed by atoms with Crippen LogP contribution in [0.1, 0.15) is 27.0 Å². The van der Waals surface area contributed by atoms with Gasteiger partial charge in [0.25, 0.3) is 11.8 Å². The third-order valence-corrected chi connectivity index (χ3v) is 5.31. The van der Waals surface area contributed by atoms with Crippen molar-refractivity contribution in [2.45, 2.75) is 20.3 Å². The molecule has 0 radical (unpaired) electrons. The molecule has 0 aliphatic rings. The number of hydrogen-bond donors (Lipinski definition) is 2. The van der Waals surface area contributed by atoms with Gasteiger partial charge in [0.1, 0.15) is 11.5 Å². The van der Waals surface area contributed by atoms with E-state index in [4.69, 9.17) is 21.1 Å². The summed E-state index contributed by atoms with van der Waals surface area (Å²) in [6.07, 6.45) is 0.717. The highest BCUT2D eigenvalue weighted by Gasteiger charge is 2.13. The van der Waals surface area contributed by atoms with Crippen molar-refractivity contribution >= 4 is 23.4 Å². The van der Waals surface area contributed by atoms with Gasteiger partial charge in [-0.15, -0.1) is 0 Å². The quantitative estimate of drug-likeness (QED) is 0.496. The number of nitrogens with one attached hydrogen (secondary N) is 2. The lowest BCUT2D eigenvalue weighted by Crippen LogP contribution is -2.44. The number of hydrazine groups is 1. The summed E-state index contributed by atoms with van der Waals surface area (Å²) in [5.74, 6) is -0.000454. The summed E-state index contributed by atoms with van der Waals surface area (Å²) in [5.41, 5.74) is 7.94. The van der Waals surface area contributed by atoms with Crippen LogP contribution in [0.3, 0.4) is 0 Å². The van der Waals surface area contributed by atoms with Crippen molar-refractivity contribution in [1.82, 2.24) is 10.9 Å². The molecule has 0 saturated carbocycles. The van der Waals surface area contributed by atoms with Gasteiger partial charge in [0.15, 0.2) is 6.61 Å². The van der Waals surface area contributed by atoms with Crippen LogP contribution in [0.5, 0.6) is 11.5 Å². The standard InChI is InChI=1S/C25H25ClN2O4/c1-17-14-20(15-18(2)24(17)26)32-16-23(29)27-28-25(30)21-10-6-7-11-22(21)31-13-12-19-8-4-3-5-9-19/h3-11,14-15H,12-13,16H2,1-2H3,(H,27,29)(H,28,30). The third-order valence-electron chi connectivity index (χ3n) is 4.72. The molecule has 0 fully saturated rings. The second kappa shape index (κ2) is 11.2.